The summed E-state index contributed by atoms with van der Waals surface area (Å²) in [5.41, 5.74) is 10.1. The molecule has 0 aliphatic carbocycles. The van der Waals surface area contributed by atoms with Gasteiger partial charge in [0.2, 0.25) is 0 Å². The van der Waals surface area contributed by atoms with Crippen molar-refractivity contribution in [1.82, 2.24) is 15.3 Å². The highest BCUT2D eigenvalue weighted by atomic mass is 15.3. The van der Waals surface area contributed by atoms with E-state index in [0.717, 1.165) is 31.5 Å². The summed E-state index contributed by atoms with van der Waals surface area (Å²) in [6.45, 7) is 6.75. The molecule has 1 aromatic heterocycles. The summed E-state index contributed by atoms with van der Waals surface area (Å²) in [5.74, 6) is 6.49. The number of rotatable bonds is 6. The molecule has 1 atom stereocenters. The maximum absolute atomic E-state index is 6.08. The summed E-state index contributed by atoms with van der Waals surface area (Å²) in [7, 11) is 0. The van der Waals surface area contributed by atoms with Crippen molar-refractivity contribution in [2.75, 3.05) is 18.8 Å². The van der Waals surface area contributed by atoms with Crippen LogP contribution in [-0.4, -0.2) is 28.5 Å². The number of nitrogens with two attached hydrogens (primary N) is 2. The lowest BCUT2D eigenvalue weighted by molar-refractivity contribution is 0.0618. The van der Waals surface area contributed by atoms with E-state index in [1.807, 2.05) is 12.1 Å². The van der Waals surface area contributed by atoms with Gasteiger partial charge in [-0.3, -0.25) is 16.2 Å². The Morgan fingerprint density at radius 2 is 2.00 bits per heavy atom. The molecule has 0 bridgehead atoms. The van der Waals surface area contributed by atoms with Crippen LogP contribution in [0.5, 0.6) is 0 Å². The van der Waals surface area contributed by atoms with Gasteiger partial charge in [0.15, 0.2) is 0 Å². The van der Waals surface area contributed by atoms with Crippen LogP contribution in [0.1, 0.15) is 51.1 Å². The van der Waals surface area contributed by atoms with Crippen LogP contribution in [-0.2, 0) is 0 Å². The summed E-state index contributed by atoms with van der Waals surface area (Å²) in [4.78, 5) is 6.79. The Bertz CT molecular complexity index is 424. The van der Waals surface area contributed by atoms with Gasteiger partial charge in [-0.1, -0.05) is 19.9 Å². The third-order valence-corrected chi connectivity index (χ3v) is 4.85. The first kappa shape index (κ1) is 15.2. The fourth-order valence-corrected chi connectivity index (χ4v) is 3.66. The SMILES string of the molecule is CCC(CC)(C(NN)c1cccnc1N)N1CCCC1. The molecule has 0 saturated carbocycles. The van der Waals surface area contributed by atoms with Gasteiger partial charge < -0.3 is 5.73 Å². The van der Waals surface area contributed by atoms with Gasteiger partial charge in [0.05, 0.1) is 6.04 Å². The summed E-state index contributed by atoms with van der Waals surface area (Å²) in [6.07, 6.45) is 6.32. The first-order chi connectivity index (χ1) is 9.69. The lowest BCUT2D eigenvalue weighted by Crippen LogP contribution is -2.56. The number of nitrogen functional groups attached to an aromatic ring is 1. The van der Waals surface area contributed by atoms with E-state index in [9.17, 15) is 0 Å². The van der Waals surface area contributed by atoms with E-state index >= 15 is 0 Å². The predicted molar refractivity (Wildman–Crippen MR) is 82.8 cm³/mol. The summed E-state index contributed by atoms with van der Waals surface area (Å²) in [6, 6.07) is 3.96. The molecular formula is C15H27N5. The van der Waals surface area contributed by atoms with E-state index in [2.05, 4.69) is 29.2 Å². The Kier molecular flexibility index (Phi) is 4.96. The minimum atomic E-state index is 0.00238. The molecule has 112 valence electrons. The van der Waals surface area contributed by atoms with Crippen molar-refractivity contribution in [3.05, 3.63) is 23.9 Å². The average molecular weight is 277 g/mol. The van der Waals surface area contributed by atoms with Crippen LogP contribution in [0.3, 0.4) is 0 Å². The van der Waals surface area contributed by atoms with Gasteiger partial charge in [0.1, 0.15) is 5.82 Å². The van der Waals surface area contributed by atoms with Gasteiger partial charge in [-0.15, -0.1) is 0 Å². The van der Waals surface area contributed by atoms with Crippen LogP contribution >= 0.6 is 0 Å². The number of pyridine rings is 1. The molecule has 0 aromatic carbocycles. The Morgan fingerprint density at radius 3 is 2.50 bits per heavy atom. The zero-order chi connectivity index (χ0) is 14.6. The van der Waals surface area contributed by atoms with Crippen LogP contribution in [0, 0.1) is 0 Å². The Labute approximate surface area is 121 Å². The molecule has 1 aliphatic heterocycles. The number of likely N-dealkylation sites (tertiary alicyclic amines) is 1. The van der Waals surface area contributed by atoms with Crippen LogP contribution < -0.4 is 17.0 Å². The van der Waals surface area contributed by atoms with Gasteiger partial charge >= 0.3 is 0 Å². The minimum absolute atomic E-state index is 0.00238. The molecule has 0 amide bonds. The zero-order valence-corrected chi connectivity index (χ0v) is 12.6. The van der Waals surface area contributed by atoms with E-state index in [4.69, 9.17) is 11.6 Å². The molecule has 1 unspecified atom stereocenters. The van der Waals surface area contributed by atoms with Gasteiger partial charge in [0, 0.05) is 17.3 Å². The van der Waals surface area contributed by atoms with Crippen molar-refractivity contribution in [3.8, 4) is 0 Å². The summed E-state index contributed by atoms with van der Waals surface area (Å²) in [5, 5.41) is 0. The number of nitrogens with zero attached hydrogens (tertiary/aromatic N) is 2. The first-order valence-corrected chi connectivity index (χ1v) is 7.61. The molecule has 0 radical (unpaired) electrons. The molecule has 1 aromatic rings. The molecule has 2 heterocycles. The van der Waals surface area contributed by atoms with Gasteiger partial charge in [-0.25, -0.2) is 4.98 Å². The number of hydrogen-bond acceptors (Lipinski definition) is 5. The highest BCUT2D eigenvalue weighted by Gasteiger charge is 2.43. The van der Waals surface area contributed by atoms with Crippen molar-refractivity contribution in [2.45, 2.75) is 51.1 Å². The van der Waals surface area contributed by atoms with E-state index in [1.54, 1.807) is 6.20 Å². The molecule has 5 N–H and O–H groups in total. The molecule has 1 aliphatic rings. The minimum Gasteiger partial charge on any atom is -0.383 e. The molecule has 2 rings (SSSR count). The molecule has 5 nitrogen and oxygen atoms in total. The second-order valence-electron chi connectivity index (χ2n) is 5.58. The van der Waals surface area contributed by atoms with E-state index in [-0.39, 0.29) is 11.6 Å². The highest BCUT2D eigenvalue weighted by Crippen LogP contribution is 2.40. The van der Waals surface area contributed by atoms with Crippen molar-refractivity contribution in [2.24, 2.45) is 5.84 Å². The van der Waals surface area contributed by atoms with Gasteiger partial charge in [-0.05, 0) is 44.8 Å². The monoisotopic (exact) mass is 277 g/mol. The van der Waals surface area contributed by atoms with Crippen molar-refractivity contribution in [3.63, 3.8) is 0 Å². The lowest BCUT2D eigenvalue weighted by atomic mass is 9.79. The van der Waals surface area contributed by atoms with Crippen molar-refractivity contribution in [1.29, 1.82) is 0 Å². The Morgan fingerprint density at radius 1 is 1.35 bits per heavy atom. The maximum Gasteiger partial charge on any atom is 0.128 e. The lowest BCUT2D eigenvalue weighted by Gasteiger charge is -2.46. The van der Waals surface area contributed by atoms with Crippen LogP contribution in [0.25, 0.3) is 0 Å². The quantitative estimate of drug-likeness (QED) is 0.546. The maximum atomic E-state index is 6.08. The second kappa shape index (κ2) is 6.52. The number of hydrazine groups is 1. The highest BCUT2D eigenvalue weighted by molar-refractivity contribution is 5.42. The molecule has 1 fully saturated rings. The molecule has 0 spiro atoms. The zero-order valence-electron chi connectivity index (χ0n) is 12.6. The Hall–Kier alpha value is -1.17. The fraction of sp³-hybridized carbons (Fsp3) is 0.667. The number of anilines is 1. The summed E-state index contributed by atoms with van der Waals surface area (Å²) < 4.78 is 0. The third kappa shape index (κ3) is 2.53. The standard InChI is InChI=1S/C15H27N5/c1-3-15(4-2,20-10-5-6-11-20)13(19-17)12-8-7-9-18-14(12)16/h7-9,13,19H,3-6,10-11,17H2,1-2H3,(H2,16,18). The van der Waals surface area contributed by atoms with Crippen LogP contribution in [0.15, 0.2) is 18.3 Å². The number of hydrogen-bond donors (Lipinski definition) is 3. The third-order valence-electron chi connectivity index (χ3n) is 4.85. The second-order valence-corrected chi connectivity index (χ2v) is 5.58. The van der Waals surface area contributed by atoms with Crippen molar-refractivity contribution < 1.29 is 0 Å². The summed E-state index contributed by atoms with van der Waals surface area (Å²) >= 11 is 0. The van der Waals surface area contributed by atoms with Crippen molar-refractivity contribution >= 4 is 5.82 Å². The average Bonchev–Trinajstić information content (AvgIpc) is 3.01. The van der Waals surface area contributed by atoms with Gasteiger partial charge in [0.25, 0.3) is 0 Å². The smallest absolute Gasteiger partial charge is 0.128 e. The molecule has 20 heavy (non-hydrogen) atoms. The first-order valence-electron chi connectivity index (χ1n) is 7.61. The van der Waals surface area contributed by atoms with Gasteiger partial charge in [-0.2, -0.15) is 0 Å². The number of nitrogens with one attached hydrogen (secondary N) is 1. The number of aromatic nitrogens is 1. The topological polar surface area (TPSA) is 80.2 Å². The Balaban J connectivity index is 2.42. The predicted octanol–water partition coefficient (Wildman–Crippen LogP) is 1.82. The van der Waals surface area contributed by atoms with E-state index in [0.29, 0.717) is 5.82 Å². The fourth-order valence-electron chi connectivity index (χ4n) is 3.66. The van der Waals surface area contributed by atoms with E-state index < -0.39 is 0 Å². The molecule has 1 saturated heterocycles. The van der Waals surface area contributed by atoms with E-state index in [1.165, 1.54) is 12.8 Å². The largest absolute Gasteiger partial charge is 0.383 e. The van der Waals surface area contributed by atoms with Crippen LogP contribution in [0.4, 0.5) is 5.82 Å². The van der Waals surface area contributed by atoms with Crippen LogP contribution in [0.2, 0.25) is 0 Å². The molecular weight excluding hydrogens is 250 g/mol. The molecule has 5 heteroatoms. The normalized spacial score (nSPS) is 18.4.